The fourth-order valence-electron chi connectivity index (χ4n) is 2.39. The topological polar surface area (TPSA) is 63.8 Å². The van der Waals surface area contributed by atoms with E-state index in [0.29, 0.717) is 5.56 Å². The Hall–Kier alpha value is -3.40. The molecule has 0 aliphatic rings. The summed E-state index contributed by atoms with van der Waals surface area (Å²) in [5, 5.41) is 3.60. The number of ether oxygens (including phenoxy) is 1. The monoisotopic (exact) mass is 444 g/mol. The van der Waals surface area contributed by atoms with Crippen molar-refractivity contribution in [2.75, 3.05) is 12.5 Å². The van der Waals surface area contributed by atoms with Gasteiger partial charge in [0, 0.05) is 5.56 Å². The van der Waals surface area contributed by atoms with E-state index < -0.39 is 40.7 Å². The van der Waals surface area contributed by atoms with Crippen molar-refractivity contribution in [1.29, 1.82) is 0 Å². The molecule has 30 heavy (non-hydrogen) atoms. The van der Waals surface area contributed by atoms with Gasteiger partial charge < -0.3 is 9.15 Å². The Morgan fingerprint density at radius 2 is 1.67 bits per heavy atom. The highest BCUT2D eigenvalue weighted by Crippen LogP contribution is 2.28. The van der Waals surface area contributed by atoms with E-state index in [4.69, 9.17) is 16.0 Å². The molecule has 3 rings (SSSR count). The maximum absolute atomic E-state index is 13.6. The van der Waals surface area contributed by atoms with Crippen LogP contribution in [0, 0.1) is 29.1 Å². The Kier molecular flexibility index (Phi) is 6.06. The van der Waals surface area contributed by atoms with Crippen molar-refractivity contribution < 1.29 is 35.9 Å². The van der Waals surface area contributed by atoms with E-state index in [1.54, 1.807) is 11.5 Å². The lowest BCUT2D eigenvalue weighted by molar-refractivity contribution is 0.0601. The van der Waals surface area contributed by atoms with Crippen molar-refractivity contribution >= 4 is 29.5 Å². The third-order valence-electron chi connectivity index (χ3n) is 3.86. The first kappa shape index (κ1) is 21.3. The van der Waals surface area contributed by atoms with Gasteiger partial charge in [-0.3, -0.25) is 5.43 Å². The highest BCUT2D eigenvalue weighted by Gasteiger charge is 2.25. The molecule has 1 aromatic heterocycles. The van der Waals surface area contributed by atoms with Crippen LogP contribution in [0.5, 0.6) is 0 Å². The van der Waals surface area contributed by atoms with Crippen molar-refractivity contribution in [3.05, 3.63) is 75.8 Å². The fourth-order valence-corrected chi connectivity index (χ4v) is 2.58. The number of halogens is 6. The molecule has 0 aliphatic carbocycles. The van der Waals surface area contributed by atoms with Gasteiger partial charge in [-0.05, 0) is 30.3 Å². The van der Waals surface area contributed by atoms with Gasteiger partial charge >= 0.3 is 5.97 Å². The number of rotatable bonds is 5. The van der Waals surface area contributed by atoms with Crippen LogP contribution in [0.25, 0.3) is 11.3 Å². The highest BCUT2D eigenvalue weighted by atomic mass is 35.5. The molecule has 11 heteroatoms. The number of nitrogens with one attached hydrogen (secondary N) is 1. The summed E-state index contributed by atoms with van der Waals surface area (Å²) >= 11 is 5.95. The zero-order valence-corrected chi connectivity index (χ0v) is 15.7. The zero-order chi connectivity index (χ0) is 22.0. The average molecular weight is 445 g/mol. The van der Waals surface area contributed by atoms with Gasteiger partial charge in [0.15, 0.2) is 23.3 Å². The molecule has 0 aliphatic heterocycles. The van der Waals surface area contributed by atoms with Crippen LogP contribution in [0.15, 0.2) is 39.9 Å². The van der Waals surface area contributed by atoms with Crippen LogP contribution in [-0.2, 0) is 4.74 Å². The predicted molar refractivity (Wildman–Crippen MR) is 97.9 cm³/mol. The van der Waals surface area contributed by atoms with Crippen molar-refractivity contribution in [3.63, 3.8) is 0 Å². The maximum atomic E-state index is 13.6. The Morgan fingerprint density at radius 1 is 1.03 bits per heavy atom. The van der Waals surface area contributed by atoms with Crippen LogP contribution in [0.4, 0.5) is 27.6 Å². The predicted octanol–water partition coefficient (Wildman–Crippen LogP) is 5.53. The minimum atomic E-state index is -2.27. The van der Waals surface area contributed by atoms with Crippen molar-refractivity contribution in [2.24, 2.45) is 5.10 Å². The van der Waals surface area contributed by atoms with E-state index in [-0.39, 0.29) is 22.1 Å². The van der Waals surface area contributed by atoms with Crippen molar-refractivity contribution in [2.45, 2.75) is 0 Å². The lowest BCUT2D eigenvalue weighted by Gasteiger charge is -2.06. The second-order valence-corrected chi connectivity index (χ2v) is 6.11. The van der Waals surface area contributed by atoms with Crippen molar-refractivity contribution in [1.82, 2.24) is 0 Å². The lowest BCUT2D eigenvalue weighted by Crippen LogP contribution is -2.06. The number of anilines is 1. The molecule has 0 bridgehead atoms. The standard InChI is InChI=1S/C19H10ClF5N2O3/c1-29-19(28)10-6-8(2-4-11(10)20)12-5-3-9(30-12)7-26-27-18-16(24)14(22)13(21)15(23)17(18)25/h2-7,27H,1H3. The normalized spacial score (nSPS) is 11.2. The van der Waals surface area contributed by atoms with Gasteiger partial charge in [-0.1, -0.05) is 11.6 Å². The molecule has 5 nitrogen and oxygen atoms in total. The number of carbonyl (C=O) groups excluding carboxylic acids is 1. The maximum Gasteiger partial charge on any atom is 0.339 e. The molecule has 0 amide bonds. The van der Waals surface area contributed by atoms with E-state index in [1.807, 2.05) is 0 Å². The highest BCUT2D eigenvalue weighted by molar-refractivity contribution is 6.33. The van der Waals surface area contributed by atoms with E-state index >= 15 is 0 Å². The number of methoxy groups -OCH3 is 1. The van der Waals surface area contributed by atoms with Gasteiger partial charge in [0.25, 0.3) is 0 Å². The van der Waals surface area contributed by atoms with E-state index in [1.165, 1.54) is 31.4 Å². The quantitative estimate of drug-likeness (QED) is 0.140. The van der Waals surface area contributed by atoms with Crippen LogP contribution in [0.2, 0.25) is 5.02 Å². The first-order valence-electron chi connectivity index (χ1n) is 8.03. The molecule has 3 aromatic rings. The Balaban J connectivity index is 1.82. The Labute approximate surface area is 170 Å². The minimum absolute atomic E-state index is 0.0796. The summed E-state index contributed by atoms with van der Waals surface area (Å²) in [6.07, 6.45) is 0.957. The summed E-state index contributed by atoms with van der Waals surface area (Å²) in [6.45, 7) is 0. The SMILES string of the molecule is COC(=O)c1cc(-c2ccc(C=NNc3c(F)c(F)c(F)c(F)c3F)o2)ccc1Cl. The van der Waals surface area contributed by atoms with Crippen LogP contribution in [0.3, 0.4) is 0 Å². The Morgan fingerprint density at radius 3 is 2.30 bits per heavy atom. The molecule has 0 saturated carbocycles. The second-order valence-electron chi connectivity index (χ2n) is 5.70. The molecule has 0 unspecified atom stereocenters. The Bertz CT molecular complexity index is 1130. The van der Waals surface area contributed by atoms with Crippen LogP contribution in [-0.4, -0.2) is 19.3 Å². The minimum Gasteiger partial charge on any atom is -0.465 e. The first-order chi connectivity index (χ1) is 14.2. The summed E-state index contributed by atoms with van der Waals surface area (Å²) < 4.78 is 76.6. The fraction of sp³-hybridized carbons (Fsp3) is 0.0526. The number of nitrogens with zero attached hydrogens (tertiary/aromatic N) is 1. The zero-order valence-electron chi connectivity index (χ0n) is 14.9. The largest absolute Gasteiger partial charge is 0.465 e. The number of furan rings is 1. The van der Waals surface area contributed by atoms with Gasteiger partial charge in [0.2, 0.25) is 5.82 Å². The molecule has 0 spiro atoms. The molecule has 0 saturated heterocycles. The summed E-state index contributed by atoms with van der Waals surface area (Å²) in [6, 6.07) is 7.39. The van der Waals surface area contributed by atoms with E-state index in [2.05, 4.69) is 9.84 Å². The average Bonchev–Trinajstić information content (AvgIpc) is 3.22. The number of hydrogen-bond acceptors (Lipinski definition) is 5. The van der Waals surface area contributed by atoms with Crippen LogP contribution >= 0.6 is 11.6 Å². The molecule has 1 N–H and O–H groups in total. The lowest BCUT2D eigenvalue weighted by atomic mass is 10.1. The molecule has 0 radical (unpaired) electrons. The van der Waals surface area contributed by atoms with E-state index in [0.717, 1.165) is 6.21 Å². The number of esters is 1. The number of hydrazone groups is 1. The molecule has 1 heterocycles. The molecule has 0 fully saturated rings. The third kappa shape index (κ3) is 3.99. The number of hydrogen-bond donors (Lipinski definition) is 1. The molecular formula is C19H10ClF5N2O3. The van der Waals surface area contributed by atoms with Crippen LogP contribution in [0.1, 0.15) is 16.1 Å². The third-order valence-corrected chi connectivity index (χ3v) is 4.19. The van der Waals surface area contributed by atoms with Gasteiger partial charge in [-0.2, -0.15) is 5.10 Å². The first-order valence-corrected chi connectivity index (χ1v) is 8.41. The molecule has 156 valence electrons. The van der Waals surface area contributed by atoms with Crippen LogP contribution < -0.4 is 5.43 Å². The summed E-state index contributed by atoms with van der Waals surface area (Å²) in [4.78, 5) is 11.7. The van der Waals surface area contributed by atoms with Gasteiger partial charge in [0.05, 0.1) is 23.9 Å². The van der Waals surface area contributed by atoms with Gasteiger partial charge in [-0.15, -0.1) is 0 Å². The molecule has 2 aromatic carbocycles. The smallest absolute Gasteiger partial charge is 0.339 e. The molecular weight excluding hydrogens is 435 g/mol. The second kappa shape index (κ2) is 8.54. The molecule has 0 atom stereocenters. The van der Waals surface area contributed by atoms with Crippen molar-refractivity contribution in [3.8, 4) is 11.3 Å². The number of benzene rings is 2. The van der Waals surface area contributed by atoms with Gasteiger partial charge in [-0.25, -0.2) is 26.7 Å². The number of carbonyl (C=O) groups is 1. The summed E-state index contributed by atoms with van der Waals surface area (Å²) in [5.41, 5.74) is 1.02. The van der Waals surface area contributed by atoms with Gasteiger partial charge in [0.1, 0.15) is 17.2 Å². The van der Waals surface area contributed by atoms with E-state index in [9.17, 15) is 26.7 Å². The summed E-state index contributed by atoms with van der Waals surface area (Å²) in [5.74, 6) is -10.9. The summed E-state index contributed by atoms with van der Waals surface area (Å²) in [7, 11) is 1.20.